The van der Waals surface area contributed by atoms with Gasteiger partial charge in [-0.1, -0.05) is 35.9 Å². The Morgan fingerprint density at radius 2 is 1.94 bits per heavy atom. The molecule has 33 heavy (non-hydrogen) atoms. The maximum atomic E-state index is 13.6. The van der Waals surface area contributed by atoms with Crippen molar-refractivity contribution in [2.75, 3.05) is 34.3 Å². The van der Waals surface area contributed by atoms with E-state index in [4.69, 9.17) is 20.8 Å². The number of Topliss-reactive ketones (excluding diaryl/α,β-unsaturated/α-hetero) is 1. The van der Waals surface area contributed by atoms with E-state index in [0.29, 0.717) is 40.3 Å². The lowest BCUT2D eigenvalue weighted by atomic mass is 9.95. The molecular weight excluding hydrogens is 444 g/mol. The first-order valence-electron chi connectivity index (χ1n) is 10.6. The standard InChI is InChI=1S/C25H25ClN2O5/c1-27(2)12-5-13-28-21(15-8-10-17(26)11-9-15)20(23(30)25(28)31)22(29)19-14-16-6-4-7-18(32-3)24(16)33-19/h4,6-11,14,21,30H,5,12-13H2,1-3H3. The summed E-state index contributed by atoms with van der Waals surface area (Å²) in [6.07, 6.45) is 0.680. The molecular formula is C25H25ClN2O5. The van der Waals surface area contributed by atoms with Gasteiger partial charge in [0.25, 0.3) is 5.91 Å². The number of aliphatic hydroxyl groups is 1. The van der Waals surface area contributed by atoms with Gasteiger partial charge in [0.1, 0.15) is 0 Å². The second kappa shape index (κ2) is 9.29. The van der Waals surface area contributed by atoms with Gasteiger partial charge < -0.3 is 24.1 Å². The predicted octanol–water partition coefficient (Wildman–Crippen LogP) is 4.62. The SMILES string of the molecule is COc1cccc2cc(C(=O)C3=C(O)C(=O)N(CCCN(C)C)C3c3ccc(Cl)cc3)oc12. The molecule has 1 aliphatic heterocycles. The molecule has 1 aliphatic rings. The minimum absolute atomic E-state index is 0.00908. The number of fused-ring (bicyclic) bond motifs is 1. The number of hydrogen-bond acceptors (Lipinski definition) is 6. The summed E-state index contributed by atoms with van der Waals surface area (Å²) in [6.45, 7) is 1.13. The maximum absolute atomic E-state index is 13.6. The van der Waals surface area contributed by atoms with Crippen LogP contribution in [0, 0.1) is 0 Å². The van der Waals surface area contributed by atoms with E-state index in [1.807, 2.05) is 19.0 Å². The largest absolute Gasteiger partial charge is 0.503 e. The van der Waals surface area contributed by atoms with Crippen LogP contribution < -0.4 is 4.74 Å². The van der Waals surface area contributed by atoms with Gasteiger partial charge in [-0.05, 0) is 56.9 Å². The number of methoxy groups -OCH3 is 1. The van der Waals surface area contributed by atoms with Gasteiger partial charge in [0.15, 0.2) is 22.9 Å². The fourth-order valence-corrected chi connectivity index (χ4v) is 4.23. The molecule has 0 saturated heterocycles. The lowest BCUT2D eigenvalue weighted by molar-refractivity contribution is -0.129. The molecule has 3 aromatic rings. The summed E-state index contributed by atoms with van der Waals surface area (Å²) in [5, 5.41) is 12.0. The van der Waals surface area contributed by atoms with E-state index >= 15 is 0 Å². The van der Waals surface area contributed by atoms with Crippen LogP contribution in [0.4, 0.5) is 0 Å². The first-order valence-corrected chi connectivity index (χ1v) is 10.9. The van der Waals surface area contributed by atoms with Crippen LogP contribution in [-0.4, -0.2) is 60.9 Å². The minimum Gasteiger partial charge on any atom is -0.503 e. The number of nitrogens with zero attached hydrogens (tertiary/aromatic N) is 2. The number of furan rings is 1. The van der Waals surface area contributed by atoms with Gasteiger partial charge in [-0.3, -0.25) is 9.59 Å². The molecule has 1 N–H and O–H groups in total. The highest BCUT2D eigenvalue weighted by molar-refractivity contribution is 6.30. The van der Waals surface area contributed by atoms with Gasteiger partial charge in [0.2, 0.25) is 5.78 Å². The molecule has 172 valence electrons. The molecule has 1 aromatic heterocycles. The van der Waals surface area contributed by atoms with E-state index in [0.717, 1.165) is 6.54 Å². The van der Waals surface area contributed by atoms with Crippen molar-refractivity contribution in [1.29, 1.82) is 0 Å². The van der Waals surface area contributed by atoms with Gasteiger partial charge in [0.05, 0.1) is 18.7 Å². The van der Waals surface area contributed by atoms with Crippen molar-refractivity contribution in [3.63, 3.8) is 0 Å². The Morgan fingerprint density at radius 1 is 1.21 bits per heavy atom. The van der Waals surface area contributed by atoms with Gasteiger partial charge in [-0.25, -0.2) is 0 Å². The van der Waals surface area contributed by atoms with E-state index in [9.17, 15) is 14.7 Å². The summed E-state index contributed by atoms with van der Waals surface area (Å²) in [4.78, 5) is 30.2. The van der Waals surface area contributed by atoms with Crippen LogP contribution >= 0.6 is 11.6 Å². The maximum Gasteiger partial charge on any atom is 0.290 e. The topological polar surface area (TPSA) is 83.2 Å². The third-order valence-corrected chi connectivity index (χ3v) is 5.94. The Hall–Kier alpha value is -3.29. The number of amides is 1. The summed E-state index contributed by atoms with van der Waals surface area (Å²) in [5.41, 5.74) is 1.10. The molecule has 7 nitrogen and oxygen atoms in total. The Balaban J connectivity index is 1.76. The van der Waals surface area contributed by atoms with E-state index in [-0.39, 0.29) is 11.3 Å². The van der Waals surface area contributed by atoms with E-state index in [2.05, 4.69) is 0 Å². The van der Waals surface area contributed by atoms with E-state index < -0.39 is 23.5 Å². The number of hydrogen-bond donors (Lipinski definition) is 1. The zero-order valence-electron chi connectivity index (χ0n) is 18.7. The molecule has 0 aliphatic carbocycles. The Morgan fingerprint density at radius 3 is 2.61 bits per heavy atom. The van der Waals surface area contributed by atoms with Crippen molar-refractivity contribution in [2.45, 2.75) is 12.5 Å². The van der Waals surface area contributed by atoms with Gasteiger partial charge in [-0.15, -0.1) is 0 Å². The zero-order valence-corrected chi connectivity index (χ0v) is 19.4. The molecule has 1 amide bonds. The fraction of sp³-hybridized carbons (Fsp3) is 0.280. The number of ether oxygens (including phenoxy) is 1. The van der Waals surface area contributed by atoms with Crippen molar-refractivity contribution in [3.8, 4) is 5.75 Å². The molecule has 0 fully saturated rings. The number of carbonyl (C=O) groups excluding carboxylic acids is 2. The molecule has 2 heterocycles. The Labute approximate surface area is 196 Å². The summed E-state index contributed by atoms with van der Waals surface area (Å²) in [6, 6.07) is 13.1. The molecule has 0 spiro atoms. The predicted molar refractivity (Wildman–Crippen MR) is 126 cm³/mol. The molecule has 0 radical (unpaired) electrons. The Bertz CT molecular complexity index is 1230. The number of ketones is 1. The zero-order chi connectivity index (χ0) is 23.7. The van der Waals surface area contributed by atoms with Crippen LogP contribution in [0.15, 0.2) is 64.3 Å². The quantitative estimate of drug-likeness (QED) is 0.485. The molecule has 0 bridgehead atoms. The second-order valence-corrected chi connectivity index (χ2v) is 8.63. The van der Waals surface area contributed by atoms with Gasteiger partial charge >= 0.3 is 0 Å². The third kappa shape index (κ3) is 4.34. The lowest BCUT2D eigenvalue weighted by Crippen LogP contribution is -2.33. The number of aliphatic hydroxyl groups excluding tert-OH is 1. The minimum atomic E-state index is -0.750. The smallest absolute Gasteiger partial charge is 0.290 e. The first-order chi connectivity index (χ1) is 15.8. The summed E-state index contributed by atoms with van der Waals surface area (Å²) in [7, 11) is 5.41. The fourth-order valence-electron chi connectivity index (χ4n) is 4.11. The number of halogens is 1. The van der Waals surface area contributed by atoms with Crippen LogP contribution in [0.1, 0.15) is 28.6 Å². The highest BCUT2D eigenvalue weighted by atomic mass is 35.5. The van der Waals surface area contributed by atoms with Crippen molar-refractivity contribution in [3.05, 3.63) is 76.2 Å². The van der Waals surface area contributed by atoms with Gasteiger partial charge in [-0.2, -0.15) is 0 Å². The van der Waals surface area contributed by atoms with Crippen molar-refractivity contribution >= 4 is 34.3 Å². The van der Waals surface area contributed by atoms with Crippen molar-refractivity contribution in [2.24, 2.45) is 0 Å². The second-order valence-electron chi connectivity index (χ2n) is 8.19. The summed E-state index contributed by atoms with van der Waals surface area (Å²) in [5.74, 6) is -1.16. The number of carbonyl (C=O) groups is 2. The molecule has 1 atom stereocenters. The average Bonchev–Trinajstić information content (AvgIpc) is 3.34. The van der Waals surface area contributed by atoms with E-state index in [1.165, 1.54) is 12.0 Å². The highest BCUT2D eigenvalue weighted by Gasteiger charge is 2.44. The normalized spacial score (nSPS) is 16.3. The highest BCUT2D eigenvalue weighted by Crippen LogP contribution is 2.40. The number of rotatable bonds is 8. The third-order valence-electron chi connectivity index (χ3n) is 5.69. The number of benzene rings is 2. The van der Waals surface area contributed by atoms with E-state index in [1.54, 1.807) is 48.5 Å². The summed E-state index contributed by atoms with van der Waals surface area (Å²) < 4.78 is 11.1. The monoisotopic (exact) mass is 468 g/mol. The van der Waals surface area contributed by atoms with Crippen molar-refractivity contribution in [1.82, 2.24) is 9.80 Å². The van der Waals surface area contributed by atoms with Crippen LogP contribution in [0.3, 0.4) is 0 Å². The molecule has 1 unspecified atom stereocenters. The molecule has 4 rings (SSSR count). The lowest BCUT2D eigenvalue weighted by Gasteiger charge is -2.27. The van der Waals surface area contributed by atoms with Crippen LogP contribution in [0.5, 0.6) is 5.75 Å². The molecule has 0 saturated carbocycles. The van der Waals surface area contributed by atoms with Crippen LogP contribution in [0.2, 0.25) is 5.02 Å². The molecule has 2 aromatic carbocycles. The van der Waals surface area contributed by atoms with Crippen molar-refractivity contribution < 1.29 is 23.8 Å². The number of para-hydroxylation sites is 1. The summed E-state index contributed by atoms with van der Waals surface area (Å²) >= 11 is 6.06. The molecule has 8 heteroatoms. The van der Waals surface area contributed by atoms with Gasteiger partial charge in [0, 0.05) is 17.0 Å². The van der Waals surface area contributed by atoms with Crippen LogP contribution in [-0.2, 0) is 4.79 Å². The average molecular weight is 469 g/mol. The first kappa shape index (κ1) is 22.9. The van der Waals surface area contributed by atoms with Crippen LogP contribution in [0.25, 0.3) is 11.0 Å². The Kier molecular flexibility index (Phi) is 6.44.